The van der Waals surface area contributed by atoms with E-state index in [-0.39, 0.29) is 12.4 Å². The van der Waals surface area contributed by atoms with Gasteiger partial charge in [-0.25, -0.2) is 0 Å². The normalized spacial score (nSPS) is 18.2. The van der Waals surface area contributed by atoms with Crippen LogP contribution in [0.3, 0.4) is 0 Å². The Balaban J connectivity index is 1.58. The van der Waals surface area contributed by atoms with Crippen molar-refractivity contribution in [3.05, 3.63) is 45.6 Å². The molecule has 1 N–H and O–H groups in total. The molecule has 5 nitrogen and oxygen atoms in total. The van der Waals surface area contributed by atoms with Gasteiger partial charge in [-0.3, -0.25) is 9.69 Å². The average molecular weight is 375 g/mol. The van der Waals surface area contributed by atoms with Gasteiger partial charge in [-0.05, 0) is 55.5 Å². The van der Waals surface area contributed by atoms with Gasteiger partial charge < -0.3 is 14.6 Å². The SMILES string of the molecule is COc1cc(C(C)=O)ccc1OCC(O)CN1CCc2sccc2C1C. The number of carbonyl (C=O) groups excluding carboxylic acids is 1. The summed E-state index contributed by atoms with van der Waals surface area (Å²) in [6.45, 7) is 5.38. The van der Waals surface area contributed by atoms with E-state index in [4.69, 9.17) is 9.47 Å². The lowest BCUT2D eigenvalue weighted by atomic mass is 10.0. The van der Waals surface area contributed by atoms with Gasteiger partial charge in [0, 0.05) is 29.6 Å². The Morgan fingerprint density at radius 3 is 2.92 bits per heavy atom. The highest BCUT2D eigenvalue weighted by Gasteiger charge is 2.26. The number of fused-ring (bicyclic) bond motifs is 1. The second-order valence-corrected chi connectivity index (χ2v) is 7.61. The van der Waals surface area contributed by atoms with E-state index in [1.54, 1.807) is 18.2 Å². The van der Waals surface area contributed by atoms with E-state index in [2.05, 4.69) is 23.3 Å². The summed E-state index contributed by atoms with van der Waals surface area (Å²) in [6.07, 6.45) is 0.431. The van der Waals surface area contributed by atoms with E-state index >= 15 is 0 Å². The number of hydrogen-bond donors (Lipinski definition) is 1. The van der Waals surface area contributed by atoms with E-state index in [1.807, 2.05) is 11.3 Å². The lowest BCUT2D eigenvalue weighted by Crippen LogP contribution is -2.40. The molecular formula is C20H25NO4S. The van der Waals surface area contributed by atoms with E-state index in [1.165, 1.54) is 24.5 Å². The van der Waals surface area contributed by atoms with Crippen LogP contribution in [-0.4, -0.2) is 48.7 Å². The molecule has 140 valence electrons. The van der Waals surface area contributed by atoms with E-state index < -0.39 is 6.10 Å². The third kappa shape index (κ3) is 4.09. The molecular weight excluding hydrogens is 350 g/mol. The first-order chi connectivity index (χ1) is 12.5. The van der Waals surface area contributed by atoms with Crippen molar-refractivity contribution in [1.82, 2.24) is 4.90 Å². The molecule has 1 aliphatic rings. The number of Topliss-reactive ketones (excluding diaryl/α,β-unsaturated/α-hetero) is 1. The number of carbonyl (C=O) groups is 1. The Hall–Kier alpha value is -1.89. The predicted octanol–water partition coefficient (Wildman–Crippen LogP) is 3.32. The lowest BCUT2D eigenvalue weighted by Gasteiger charge is -2.34. The first-order valence-electron chi connectivity index (χ1n) is 8.79. The van der Waals surface area contributed by atoms with Crippen molar-refractivity contribution in [3.8, 4) is 11.5 Å². The smallest absolute Gasteiger partial charge is 0.161 e. The fourth-order valence-corrected chi connectivity index (χ4v) is 4.29. The van der Waals surface area contributed by atoms with Gasteiger partial charge in [0.15, 0.2) is 17.3 Å². The number of thiophene rings is 1. The van der Waals surface area contributed by atoms with Crippen LogP contribution >= 0.6 is 11.3 Å². The number of rotatable bonds is 7. The number of aliphatic hydroxyl groups is 1. The van der Waals surface area contributed by atoms with Gasteiger partial charge >= 0.3 is 0 Å². The first-order valence-corrected chi connectivity index (χ1v) is 9.67. The Morgan fingerprint density at radius 2 is 2.19 bits per heavy atom. The summed E-state index contributed by atoms with van der Waals surface area (Å²) in [5.74, 6) is 1.00. The van der Waals surface area contributed by atoms with E-state index in [0.29, 0.717) is 29.6 Å². The number of β-amino-alcohol motifs (C(OH)–C–C–N with tert-alkyl or cyclic N) is 1. The van der Waals surface area contributed by atoms with Crippen molar-refractivity contribution in [3.63, 3.8) is 0 Å². The summed E-state index contributed by atoms with van der Waals surface area (Å²) in [7, 11) is 1.54. The molecule has 1 aromatic heterocycles. The van der Waals surface area contributed by atoms with Crippen molar-refractivity contribution < 1.29 is 19.4 Å². The van der Waals surface area contributed by atoms with Gasteiger partial charge in [-0.15, -0.1) is 11.3 Å². The first kappa shape index (κ1) is 18.9. The van der Waals surface area contributed by atoms with Crippen LogP contribution in [0.4, 0.5) is 0 Å². The highest BCUT2D eigenvalue weighted by molar-refractivity contribution is 7.10. The zero-order valence-electron chi connectivity index (χ0n) is 15.4. The zero-order chi connectivity index (χ0) is 18.7. The summed E-state index contributed by atoms with van der Waals surface area (Å²) in [4.78, 5) is 15.2. The number of ether oxygens (including phenoxy) is 2. The Labute approximate surface area is 158 Å². The molecule has 2 atom stereocenters. The van der Waals surface area contributed by atoms with Gasteiger partial charge in [0.05, 0.1) is 7.11 Å². The van der Waals surface area contributed by atoms with Gasteiger partial charge in [-0.1, -0.05) is 0 Å². The van der Waals surface area contributed by atoms with Crippen LogP contribution < -0.4 is 9.47 Å². The summed E-state index contributed by atoms with van der Waals surface area (Å²) in [6, 6.07) is 7.57. The molecule has 0 spiro atoms. The molecule has 2 heterocycles. The van der Waals surface area contributed by atoms with Crippen molar-refractivity contribution in [2.24, 2.45) is 0 Å². The topological polar surface area (TPSA) is 59.0 Å². The number of ketones is 1. The molecule has 0 radical (unpaired) electrons. The van der Waals surface area contributed by atoms with Crippen molar-refractivity contribution in [1.29, 1.82) is 0 Å². The summed E-state index contributed by atoms with van der Waals surface area (Å²) < 4.78 is 11.0. The number of methoxy groups -OCH3 is 1. The molecule has 0 aliphatic carbocycles. The van der Waals surface area contributed by atoms with E-state index in [9.17, 15) is 9.90 Å². The standard InChI is InChI=1S/C20H25NO4S/c1-13-17-7-9-26-20(17)6-8-21(13)11-16(23)12-25-18-5-4-15(14(2)22)10-19(18)24-3/h4-5,7,9-10,13,16,23H,6,8,11-12H2,1-3H3. The van der Waals surface area contributed by atoms with Crippen LogP contribution in [0.5, 0.6) is 11.5 Å². The molecule has 0 saturated carbocycles. The molecule has 26 heavy (non-hydrogen) atoms. The number of benzene rings is 1. The minimum atomic E-state index is -0.602. The Morgan fingerprint density at radius 1 is 1.38 bits per heavy atom. The molecule has 1 aliphatic heterocycles. The second kappa shape index (κ2) is 8.20. The van der Waals surface area contributed by atoms with Crippen LogP contribution in [0.1, 0.15) is 40.7 Å². The molecule has 2 unspecified atom stereocenters. The van der Waals surface area contributed by atoms with Crippen molar-refractivity contribution in [2.45, 2.75) is 32.4 Å². The Bertz CT molecular complexity index is 773. The third-order valence-corrected chi connectivity index (χ3v) is 5.85. The van der Waals surface area contributed by atoms with Gasteiger partial charge in [0.2, 0.25) is 0 Å². The largest absolute Gasteiger partial charge is 0.493 e. The molecule has 2 aromatic rings. The fraction of sp³-hybridized carbons (Fsp3) is 0.450. The maximum atomic E-state index is 11.5. The van der Waals surface area contributed by atoms with Crippen molar-refractivity contribution in [2.75, 3.05) is 26.8 Å². The zero-order valence-corrected chi connectivity index (χ0v) is 16.2. The van der Waals surface area contributed by atoms with Crippen LogP contribution in [0.15, 0.2) is 29.6 Å². The highest BCUT2D eigenvalue weighted by Crippen LogP contribution is 2.33. The number of hydrogen-bond acceptors (Lipinski definition) is 6. The monoisotopic (exact) mass is 375 g/mol. The molecule has 0 amide bonds. The molecule has 3 rings (SSSR count). The summed E-state index contributed by atoms with van der Waals surface area (Å²) >= 11 is 1.81. The summed E-state index contributed by atoms with van der Waals surface area (Å²) in [5, 5.41) is 12.6. The fourth-order valence-electron chi connectivity index (χ4n) is 3.33. The maximum Gasteiger partial charge on any atom is 0.161 e. The van der Waals surface area contributed by atoms with E-state index in [0.717, 1.165) is 13.0 Å². The molecule has 0 fully saturated rings. The van der Waals surface area contributed by atoms with Crippen LogP contribution in [-0.2, 0) is 6.42 Å². The maximum absolute atomic E-state index is 11.5. The van der Waals surface area contributed by atoms with Crippen LogP contribution in [0, 0.1) is 0 Å². The van der Waals surface area contributed by atoms with Gasteiger partial charge in [0.1, 0.15) is 12.7 Å². The second-order valence-electron chi connectivity index (χ2n) is 6.61. The van der Waals surface area contributed by atoms with Crippen LogP contribution in [0.2, 0.25) is 0 Å². The quantitative estimate of drug-likeness (QED) is 0.753. The molecule has 6 heteroatoms. The number of aliphatic hydroxyl groups excluding tert-OH is 1. The number of nitrogens with zero attached hydrogens (tertiary/aromatic N) is 1. The molecule has 0 bridgehead atoms. The average Bonchev–Trinajstić information content (AvgIpc) is 3.11. The lowest BCUT2D eigenvalue weighted by molar-refractivity contribution is 0.0514. The Kier molecular flexibility index (Phi) is 5.96. The van der Waals surface area contributed by atoms with Crippen LogP contribution in [0.25, 0.3) is 0 Å². The third-order valence-electron chi connectivity index (χ3n) is 4.85. The summed E-state index contributed by atoms with van der Waals surface area (Å²) in [5.41, 5.74) is 1.94. The van der Waals surface area contributed by atoms with Crippen molar-refractivity contribution >= 4 is 17.1 Å². The predicted molar refractivity (Wildman–Crippen MR) is 103 cm³/mol. The molecule has 0 saturated heterocycles. The highest BCUT2D eigenvalue weighted by atomic mass is 32.1. The van der Waals surface area contributed by atoms with Gasteiger partial charge in [-0.2, -0.15) is 0 Å². The molecule has 1 aromatic carbocycles. The minimum absolute atomic E-state index is 0.0261. The minimum Gasteiger partial charge on any atom is -0.493 e. The van der Waals surface area contributed by atoms with Gasteiger partial charge in [0.25, 0.3) is 0 Å².